The lowest BCUT2D eigenvalue weighted by Gasteiger charge is -2.13. The van der Waals surface area contributed by atoms with Crippen LogP contribution in [0.15, 0.2) is 23.1 Å². The molecular weight excluding hydrogens is 294 g/mol. The van der Waals surface area contributed by atoms with Crippen LogP contribution < -0.4 is 5.32 Å². The molecule has 0 aromatic heterocycles. The third kappa shape index (κ3) is 3.24. The number of sulfone groups is 1. The minimum atomic E-state index is -3.39. The van der Waals surface area contributed by atoms with Crippen LogP contribution in [0.3, 0.4) is 0 Å². The number of aryl methyl sites for hydroxylation is 1. The maximum Gasteiger partial charge on any atom is 0.311 e. The first-order valence-electron chi connectivity index (χ1n) is 6.48. The number of amides is 1. The molecule has 7 heteroatoms. The standard InChI is InChI=1S/C14H17NO5S/c1-9-3-4-10(21(2,19)20)7-11(9)12(16)15-8-14(5-6-14)13(17)18/h3-4,7H,5-6,8H2,1-2H3,(H,15,16)(H,17,18). The van der Waals surface area contributed by atoms with Gasteiger partial charge in [-0.2, -0.15) is 0 Å². The number of hydrogen-bond donors (Lipinski definition) is 2. The molecule has 1 amide bonds. The molecule has 1 saturated carbocycles. The predicted molar refractivity (Wildman–Crippen MR) is 75.9 cm³/mol. The SMILES string of the molecule is Cc1ccc(S(C)(=O)=O)cc1C(=O)NCC1(C(=O)O)CC1. The monoisotopic (exact) mass is 311 g/mol. The van der Waals surface area contributed by atoms with E-state index in [4.69, 9.17) is 5.11 Å². The summed E-state index contributed by atoms with van der Waals surface area (Å²) in [5, 5.41) is 11.6. The van der Waals surface area contributed by atoms with Crippen LogP contribution in [0, 0.1) is 12.3 Å². The van der Waals surface area contributed by atoms with Gasteiger partial charge in [0.2, 0.25) is 0 Å². The molecule has 1 aliphatic carbocycles. The zero-order valence-electron chi connectivity index (χ0n) is 11.8. The summed E-state index contributed by atoms with van der Waals surface area (Å²) in [4.78, 5) is 23.3. The summed E-state index contributed by atoms with van der Waals surface area (Å²) in [6, 6.07) is 4.33. The molecule has 1 aliphatic rings. The van der Waals surface area contributed by atoms with E-state index in [0.717, 1.165) is 6.26 Å². The highest BCUT2D eigenvalue weighted by Gasteiger charge is 2.50. The van der Waals surface area contributed by atoms with Crippen molar-refractivity contribution in [2.24, 2.45) is 5.41 Å². The van der Waals surface area contributed by atoms with Crippen molar-refractivity contribution in [1.29, 1.82) is 0 Å². The van der Waals surface area contributed by atoms with Crippen LogP contribution in [0.5, 0.6) is 0 Å². The van der Waals surface area contributed by atoms with E-state index in [1.54, 1.807) is 13.0 Å². The summed E-state index contributed by atoms with van der Waals surface area (Å²) in [5.74, 6) is -1.37. The van der Waals surface area contributed by atoms with Gasteiger partial charge in [-0.1, -0.05) is 6.07 Å². The molecule has 0 aliphatic heterocycles. The van der Waals surface area contributed by atoms with E-state index in [0.29, 0.717) is 18.4 Å². The van der Waals surface area contributed by atoms with Crippen LogP contribution >= 0.6 is 0 Å². The number of rotatable bonds is 5. The van der Waals surface area contributed by atoms with Crippen LogP contribution in [0.2, 0.25) is 0 Å². The predicted octanol–water partition coefficient (Wildman–Crippen LogP) is 0.993. The maximum absolute atomic E-state index is 12.1. The zero-order valence-corrected chi connectivity index (χ0v) is 12.7. The normalized spacial score (nSPS) is 16.3. The van der Waals surface area contributed by atoms with Crippen molar-refractivity contribution in [2.75, 3.05) is 12.8 Å². The molecule has 0 atom stereocenters. The van der Waals surface area contributed by atoms with Gasteiger partial charge in [-0.25, -0.2) is 8.42 Å². The highest BCUT2D eigenvalue weighted by atomic mass is 32.2. The number of hydrogen-bond acceptors (Lipinski definition) is 4. The van der Waals surface area contributed by atoms with E-state index in [1.165, 1.54) is 12.1 Å². The fourth-order valence-corrected chi connectivity index (χ4v) is 2.69. The van der Waals surface area contributed by atoms with Crippen molar-refractivity contribution in [3.63, 3.8) is 0 Å². The first-order chi connectivity index (χ1) is 9.66. The van der Waals surface area contributed by atoms with Crippen LogP contribution in [0.25, 0.3) is 0 Å². The summed E-state index contributed by atoms with van der Waals surface area (Å²) in [6.07, 6.45) is 2.17. The highest BCUT2D eigenvalue weighted by molar-refractivity contribution is 7.90. The minimum absolute atomic E-state index is 0.0592. The van der Waals surface area contributed by atoms with Gasteiger partial charge in [-0.15, -0.1) is 0 Å². The van der Waals surface area contributed by atoms with Crippen molar-refractivity contribution in [3.05, 3.63) is 29.3 Å². The van der Waals surface area contributed by atoms with Crippen molar-refractivity contribution >= 4 is 21.7 Å². The molecule has 1 aromatic carbocycles. The van der Waals surface area contributed by atoms with Gasteiger partial charge in [-0.05, 0) is 37.5 Å². The average Bonchev–Trinajstić information content (AvgIpc) is 3.16. The fraction of sp³-hybridized carbons (Fsp3) is 0.429. The Morgan fingerprint density at radius 2 is 1.95 bits per heavy atom. The average molecular weight is 311 g/mol. The molecule has 0 spiro atoms. The molecule has 0 radical (unpaired) electrons. The third-order valence-electron chi connectivity index (χ3n) is 3.78. The molecule has 0 unspecified atom stereocenters. The second-order valence-electron chi connectivity index (χ2n) is 5.52. The lowest BCUT2D eigenvalue weighted by molar-refractivity contribution is -0.143. The Balaban J connectivity index is 2.18. The van der Waals surface area contributed by atoms with Gasteiger partial charge in [0.1, 0.15) is 0 Å². The van der Waals surface area contributed by atoms with Crippen molar-refractivity contribution in [1.82, 2.24) is 5.32 Å². The zero-order chi connectivity index (χ0) is 15.8. The number of carboxylic acid groups (broad SMARTS) is 1. The summed E-state index contributed by atoms with van der Waals surface area (Å²) in [6.45, 7) is 1.76. The molecular formula is C14H17NO5S. The smallest absolute Gasteiger partial charge is 0.311 e. The molecule has 1 fully saturated rings. The quantitative estimate of drug-likeness (QED) is 0.844. The molecule has 0 saturated heterocycles. The highest BCUT2D eigenvalue weighted by Crippen LogP contribution is 2.45. The second kappa shape index (κ2) is 5.14. The van der Waals surface area contributed by atoms with Crippen molar-refractivity contribution in [3.8, 4) is 0 Å². The largest absolute Gasteiger partial charge is 0.481 e. The Hall–Kier alpha value is -1.89. The lowest BCUT2D eigenvalue weighted by Crippen LogP contribution is -2.34. The van der Waals surface area contributed by atoms with Crippen LogP contribution in [-0.4, -0.2) is 38.2 Å². The fourth-order valence-electron chi connectivity index (χ4n) is 2.04. The Morgan fingerprint density at radius 3 is 2.43 bits per heavy atom. The maximum atomic E-state index is 12.1. The van der Waals surface area contributed by atoms with Gasteiger partial charge in [0.15, 0.2) is 9.84 Å². The number of nitrogens with one attached hydrogen (secondary N) is 1. The van der Waals surface area contributed by atoms with E-state index in [-0.39, 0.29) is 17.0 Å². The lowest BCUT2D eigenvalue weighted by atomic mass is 10.1. The summed E-state index contributed by atoms with van der Waals surface area (Å²) in [5.41, 5.74) is 0.0389. The Labute approximate surface area is 123 Å². The third-order valence-corrected chi connectivity index (χ3v) is 4.89. The van der Waals surface area contributed by atoms with Crippen LogP contribution in [0.1, 0.15) is 28.8 Å². The van der Waals surface area contributed by atoms with E-state index >= 15 is 0 Å². The Bertz CT molecular complexity index is 704. The minimum Gasteiger partial charge on any atom is -0.481 e. The molecule has 2 N–H and O–H groups in total. The van der Waals surface area contributed by atoms with E-state index in [2.05, 4.69) is 5.32 Å². The molecule has 6 nitrogen and oxygen atoms in total. The number of aliphatic carboxylic acids is 1. The van der Waals surface area contributed by atoms with Gasteiger partial charge in [-0.3, -0.25) is 9.59 Å². The van der Waals surface area contributed by atoms with Gasteiger partial charge in [0.05, 0.1) is 10.3 Å². The Morgan fingerprint density at radius 1 is 1.33 bits per heavy atom. The number of carboxylic acids is 1. The summed E-state index contributed by atoms with van der Waals surface area (Å²) >= 11 is 0. The van der Waals surface area contributed by atoms with Crippen LogP contribution in [-0.2, 0) is 14.6 Å². The molecule has 21 heavy (non-hydrogen) atoms. The van der Waals surface area contributed by atoms with Crippen LogP contribution in [0.4, 0.5) is 0 Å². The first-order valence-corrected chi connectivity index (χ1v) is 8.37. The molecule has 1 aromatic rings. The first kappa shape index (κ1) is 15.5. The molecule has 0 heterocycles. The van der Waals surface area contributed by atoms with Gasteiger partial charge in [0.25, 0.3) is 5.91 Å². The van der Waals surface area contributed by atoms with E-state index < -0.39 is 27.1 Å². The number of benzene rings is 1. The summed E-state index contributed by atoms with van der Waals surface area (Å²) < 4.78 is 23.1. The topological polar surface area (TPSA) is 101 Å². The van der Waals surface area contributed by atoms with Crippen molar-refractivity contribution in [2.45, 2.75) is 24.7 Å². The molecule has 2 rings (SSSR count). The van der Waals surface area contributed by atoms with E-state index in [9.17, 15) is 18.0 Å². The van der Waals surface area contributed by atoms with Gasteiger partial charge in [0, 0.05) is 18.4 Å². The van der Waals surface area contributed by atoms with Crippen molar-refractivity contribution < 1.29 is 23.1 Å². The van der Waals surface area contributed by atoms with Gasteiger partial charge >= 0.3 is 5.97 Å². The number of carbonyl (C=O) groups excluding carboxylic acids is 1. The molecule has 0 bridgehead atoms. The Kier molecular flexibility index (Phi) is 3.79. The number of carbonyl (C=O) groups is 2. The van der Waals surface area contributed by atoms with E-state index in [1.807, 2.05) is 0 Å². The van der Waals surface area contributed by atoms with Gasteiger partial charge < -0.3 is 10.4 Å². The molecule has 114 valence electrons. The second-order valence-corrected chi connectivity index (χ2v) is 7.53. The summed E-state index contributed by atoms with van der Waals surface area (Å²) in [7, 11) is -3.39.